The molecule has 1 heterocycles. The van der Waals surface area contributed by atoms with Crippen molar-refractivity contribution in [3.63, 3.8) is 0 Å². The number of halogens is 2. The van der Waals surface area contributed by atoms with Crippen molar-refractivity contribution in [2.75, 3.05) is 18.6 Å². The highest BCUT2D eigenvalue weighted by atomic mass is 19.2. The number of ether oxygens (including phenoxy) is 1. The summed E-state index contributed by atoms with van der Waals surface area (Å²) in [6, 6.07) is 8.21. The zero-order chi connectivity index (χ0) is 19.7. The Kier molecular flexibility index (Phi) is 7.60. The van der Waals surface area contributed by atoms with Gasteiger partial charge in [-0.25, -0.2) is 18.7 Å². The second-order valence-electron chi connectivity index (χ2n) is 6.47. The highest BCUT2D eigenvalue weighted by Crippen LogP contribution is 2.28. The van der Waals surface area contributed by atoms with Gasteiger partial charge in [-0.05, 0) is 25.8 Å². The Hall–Kier alpha value is -2.61. The summed E-state index contributed by atoms with van der Waals surface area (Å²) in [5, 5.41) is 6.71. The predicted octanol–water partition coefficient (Wildman–Crippen LogP) is 3.20. The Labute approximate surface area is 157 Å². The SMILES string of the molecule is CC(CC(C)OCC(F)(CF)c1ccccc1)Nc1ncncc1/C=N\N. The molecular weight excluding hydrogens is 352 g/mol. The number of nitrogens with zero attached hydrogens (tertiary/aromatic N) is 3. The number of hydrogen-bond acceptors (Lipinski definition) is 6. The molecular formula is C19H25F2N5O. The average molecular weight is 377 g/mol. The van der Waals surface area contributed by atoms with Crippen molar-refractivity contribution in [3.05, 3.63) is 54.0 Å². The lowest BCUT2D eigenvalue weighted by Crippen LogP contribution is -2.32. The molecule has 2 rings (SSSR count). The van der Waals surface area contributed by atoms with Crippen LogP contribution in [0.15, 0.2) is 48.0 Å². The highest BCUT2D eigenvalue weighted by Gasteiger charge is 2.33. The molecule has 0 spiro atoms. The molecule has 27 heavy (non-hydrogen) atoms. The van der Waals surface area contributed by atoms with E-state index in [1.165, 1.54) is 12.5 Å². The summed E-state index contributed by atoms with van der Waals surface area (Å²) >= 11 is 0. The molecule has 6 nitrogen and oxygen atoms in total. The number of hydrazone groups is 1. The molecule has 0 aliphatic rings. The van der Waals surface area contributed by atoms with Crippen molar-refractivity contribution in [2.45, 2.75) is 38.1 Å². The second-order valence-corrected chi connectivity index (χ2v) is 6.47. The van der Waals surface area contributed by atoms with Crippen LogP contribution in [0.1, 0.15) is 31.4 Å². The van der Waals surface area contributed by atoms with Crippen molar-refractivity contribution in [2.24, 2.45) is 10.9 Å². The molecule has 8 heteroatoms. The molecule has 0 aliphatic carbocycles. The van der Waals surface area contributed by atoms with E-state index in [0.717, 1.165) is 0 Å². The van der Waals surface area contributed by atoms with Crippen LogP contribution in [0.3, 0.4) is 0 Å². The summed E-state index contributed by atoms with van der Waals surface area (Å²) in [6.07, 6.45) is 4.75. The number of rotatable bonds is 10. The lowest BCUT2D eigenvalue weighted by atomic mass is 9.98. The zero-order valence-corrected chi connectivity index (χ0v) is 15.5. The van der Waals surface area contributed by atoms with Crippen LogP contribution in [-0.2, 0) is 10.4 Å². The number of nitrogens with one attached hydrogen (secondary N) is 1. The smallest absolute Gasteiger partial charge is 0.187 e. The van der Waals surface area contributed by atoms with E-state index >= 15 is 0 Å². The minimum absolute atomic E-state index is 0.0315. The van der Waals surface area contributed by atoms with Crippen molar-refractivity contribution >= 4 is 12.0 Å². The van der Waals surface area contributed by atoms with Gasteiger partial charge in [0.25, 0.3) is 0 Å². The molecule has 3 N–H and O–H groups in total. The maximum absolute atomic E-state index is 14.9. The molecule has 146 valence electrons. The van der Waals surface area contributed by atoms with Crippen LogP contribution in [0.5, 0.6) is 0 Å². The first-order valence-electron chi connectivity index (χ1n) is 8.70. The molecule has 0 bridgehead atoms. The normalized spacial score (nSPS) is 16.0. The quantitative estimate of drug-likeness (QED) is 0.377. The lowest BCUT2D eigenvalue weighted by Gasteiger charge is -2.26. The van der Waals surface area contributed by atoms with Gasteiger partial charge in [0.05, 0.1) is 24.5 Å². The fourth-order valence-electron chi connectivity index (χ4n) is 2.70. The number of alkyl halides is 2. The third kappa shape index (κ3) is 5.96. The molecule has 0 fully saturated rings. The van der Waals surface area contributed by atoms with Gasteiger partial charge in [-0.2, -0.15) is 5.10 Å². The minimum Gasteiger partial charge on any atom is -0.375 e. The van der Waals surface area contributed by atoms with Gasteiger partial charge in [0.15, 0.2) is 5.67 Å². The van der Waals surface area contributed by atoms with Crippen molar-refractivity contribution < 1.29 is 13.5 Å². The first-order chi connectivity index (χ1) is 13.0. The van der Waals surface area contributed by atoms with Crippen LogP contribution < -0.4 is 11.2 Å². The Morgan fingerprint density at radius 1 is 1.33 bits per heavy atom. The average Bonchev–Trinajstić information content (AvgIpc) is 2.68. The van der Waals surface area contributed by atoms with E-state index in [2.05, 4.69) is 20.4 Å². The minimum atomic E-state index is -2.15. The number of benzene rings is 1. The molecule has 3 unspecified atom stereocenters. The molecule has 0 amide bonds. The first kappa shape index (κ1) is 20.7. The van der Waals surface area contributed by atoms with E-state index < -0.39 is 12.3 Å². The van der Waals surface area contributed by atoms with Crippen LogP contribution in [0, 0.1) is 0 Å². The molecule has 0 radical (unpaired) electrons. The maximum Gasteiger partial charge on any atom is 0.187 e. The van der Waals surface area contributed by atoms with Crippen LogP contribution in [0.25, 0.3) is 0 Å². The molecule has 1 aromatic carbocycles. The maximum atomic E-state index is 14.9. The standard InChI is InChI=1S/C19H25F2N5O/c1-14(26-18-16(10-25-22)9-23-13-24-18)8-15(2)27-12-19(21,11-20)17-6-4-3-5-7-17/h3-7,9-10,13-15H,8,11-12,22H2,1-2H3,(H,23,24,26)/b25-10-. The van der Waals surface area contributed by atoms with Crippen molar-refractivity contribution in [3.8, 4) is 0 Å². The third-order valence-electron chi connectivity index (χ3n) is 4.12. The van der Waals surface area contributed by atoms with Crippen LogP contribution >= 0.6 is 0 Å². The fourth-order valence-corrected chi connectivity index (χ4v) is 2.70. The van der Waals surface area contributed by atoms with Gasteiger partial charge in [-0.1, -0.05) is 30.3 Å². The van der Waals surface area contributed by atoms with Crippen molar-refractivity contribution in [1.82, 2.24) is 9.97 Å². The Morgan fingerprint density at radius 2 is 2.07 bits per heavy atom. The fraction of sp³-hybridized carbons (Fsp3) is 0.421. The summed E-state index contributed by atoms with van der Waals surface area (Å²) in [4.78, 5) is 8.09. The van der Waals surface area contributed by atoms with Crippen LogP contribution in [0.2, 0.25) is 0 Å². The summed E-state index contributed by atoms with van der Waals surface area (Å²) in [5.74, 6) is 5.77. The Morgan fingerprint density at radius 3 is 2.74 bits per heavy atom. The molecule has 3 atom stereocenters. The van der Waals surface area contributed by atoms with Gasteiger partial charge in [-0.15, -0.1) is 0 Å². The second kappa shape index (κ2) is 9.91. The number of aromatic nitrogens is 2. The number of nitrogens with two attached hydrogens (primary N) is 1. The van der Waals surface area contributed by atoms with Gasteiger partial charge in [0.1, 0.15) is 18.8 Å². The van der Waals surface area contributed by atoms with E-state index in [9.17, 15) is 8.78 Å². The molecule has 1 aromatic heterocycles. The monoisotopic (exact) mass is 377 g/mol. The van der Waals surface area contributed by atoms with Gasteiger partial charge < -0.3 is 15.9 Å². The largest absolute Gasteiger partial charge is 0.375 e. The van der Waals surface area contributed by atoms with Crippen molar-refractivity contribution in [1.29, 1.82) is 0 Å². The van der Waals surface area contributed by atoms with E-state index in [1.807, 2.05) is 13.8 Å². The van der Waals surface area contributed by atoms with E-state index in [-0.39, 0.29) is 24.3 Å². The first-order valence-corrected chi connectivity index (χ1v) is 8.70. The highest BCUT2D eigenvalue weighted by molar-refractivity contribution is 5.85. The molecule has 0 saturated heterocycles. The van der Waals surface area contributed by atoms with Gasteiger partial charge in [0.2, 0.25) is 0 Å². The summed E-state index contributed by atoms with van der Waals surface area (Å²) < 4.78 is 33.8. The topological polar surface area (TPSA) is 85.4 Å². The summed E-state index contributed by atoms with van der Waals surface area (Å²) in [7, 11) is 0. The van der Waals surface area contributed by atoms with Crippen LogP contribution in [0.4, 0.5) is 14.6 Å². The van der Waals surface area contributed by atoms with Gasteiger partial charge in [0, 0.05) is 12.2 Å². The lowest BCUT2D eigenvalue weighted by molar-refractivity contribution is -0.0379. The third-order valence-corrected chi connectivity index (χ3v) is 4.12. The summed E-state index contributed by atoms with van der Waals surface area (Å²) in [6.45, 7) is 2.28. The Balaban J connectivity index is 1.90. The van der Waals surface area contributed by atoms with E-state index in [4.69, 9.17) is 10.6 Å². The zero-order valence-electron chi connectivity index (χ0n) is 15.5. The predicted molar refractivity (Wildman–Crippen MR) is 102 cm³/mol. The van der Waals surface area contributed by atoms with E-state index in [0.29, 0.717) is 17.8 Å². The number of hydrogen-bond donors (Lipinski definition) is 2. The number of anilines is 1. The molecule has 0 aliphatic heterocycles. The molecule has 0 saturated carbocycles. The van der Waals surface area contributed by atoms with E-state index in [1.54, 1.807) is 36.5 Å². The van der Waals surface area contributed by atoms with Crippen LogP contribution in [-0.4, -0.2) is 41.6 Å². The summed E-state index contributed by atoms with van der Waals surface area (Å²) in [5.41, 5.74) is -1.22. The molecule has 2 aromatic rings. The van der Waals surface area contributed by atoms with Gasteiger partial charge in [-0.3, -0.25) is 0 Å². The Bertz CT molecular complexity index is 731. The van der Waals surface area contributed by atoms with Gasteiger partial charge >= 0.3 is 0 Å².